The van der Waals surface area contributed by atoms with E-state index < -0.39 is 17.1 Å². The molecule has 1 amide bonds. The first-order chi connectivity index (χ1) is 15.6. The summed E-state index contributed by atoms with van der Waals surface area (Å²) in [7, 11) is 1.39. The Labute approximate surface area is 199 Å². The molecule has 1 N–H and O–H groups in total. The number of aromatic nitrogens is 1. The maximum Gasteiger partial charge on any atom is 0.407 e. The van der Waals surface area contributed by atoms with Gasteiger partial charge in [0.2, 0.25) is 0 Å². The number of nitrogens with zero attached hydrogens (tertiary/aromatic N) is 1. The Hall–Kier alpha value is -2.80. The molecule has 1 aromatic carbocycles. The standard InChI is InChI=1S/C25H31ClN2O5/c1-16-10-11-20(32-13-7-12-27-23(30)33-24(2,3)4)17(14-16)25(22(29)31-5)15-18(25)19-8-6-9-21(26)28-19/h6,8-11,14,18H,7,12-13,15H2,1-5H3,(H,27,30)/t18-,25-/m0/s1. The highest BCUT2D eigenvalue weighted by Crippen LogP contribution is 2.62. The maximum atomic E-state index is 13.0. The van der Waals surface area contributed by atoms with Crippen molar-refractivity contribution in [3.05, 3.63) is 58.4 Å². The van der Waals surface area contributed by atoms with Crippen LogP contribution >= 0.6 is 11.6 Å². The summed E-state index contributed by atoms with van der Waals surface area (Å²) in [5.41, 5.74) is 1.13. The molecule has 0 unspecified atom stereocenters. The molecule has 1 aromatic heterocycles. The van der Waals surface area contributed by atoms with E-state index in [-0.39, 0.29) is 11.9 Å². The molecule has 1 aliphatic rings. The highest BCUT2D eigenvalue weighted by atomic mass is 35.5. The van der Waals surface area contributed by atoms with Crippen molar-refractivity contribution in [1.82, 2.24) is 10.3 Å². The number of esters is 1. The summed E-state index contributed by atoms with van der Waals surface area (Å²) in [5, 5.41) is 3.10. The number of hydrogen-bond acceptors (Lipinski definition) is 6. The highest BCUT2D eigenvalue weighted by molar-refractivity contribution is 6.29. The van der Waals surface area contributed by atoms with Crippen LogP contribution in [-0.4, -0.2) is 42.9 Å². The van der Waals surface area contributed by atoms with Crippen LogP contribution in [0.3, 0.4) is 0 Å². The van der Waals surface area contributed by atoms with Gasteiger partial charge >= 0.3 is 12.1 Å². The fraction of sp³-hybridized carbons (Fsp3) is 0.480. The summed E-state index contributed by atoms with van der Waals surface area (Å²) in [6.07, 6.45) is 0.683. The second-order valence-corrected chi connectivity index (χ2v) is 9.62. The number of nitrogens with one attached hydrogen (secondary N) is 1. The van der Waals surface area contributed by atoms with Crippen LogP contribution in [0.15, 0.2) is 36.4 Å². The molecule has 0 spiro atoms. The van der Waals surface area contributed by atoms with E-state index >= 15 is 0 Å². The number of ether oxygens (including phenoxy) is 3. The normalized spacial score (nSPS) is 19.5. The van der Waals surface area contributed by atoms with E-state index in [2.05, 4.69) is 10.3 Å². The molecule has 2 atom stereocenters. The number of alkyl carbamates (subject to hydrolysis) is 1. The highest BCUT2D eigenvalue weighted by Gasteiger charge is 2.64. The van der Waals surface area contributed by atoms with Crippen molar-refractivity contribution in [3.8, 4) is 5.75 Å². The SMILES string of the molecule is COC(=O)[C@]1(c2cc(C)ccc2OCCCNC(=O)OC(C)(C)C)C[C@H]1c1cccc(Cl)n1. The zero-order valence-electron chi connectivity index (χ0n) is 19.7. The first-order valence-electron chi connectivity index (χ1n) is 11.0. The molecule has 178 valence electrons. The topological polar surface area (TPSA) is 86.8 Å². The monoisotopic (exact) mass is 474 g/mol. The molecule has 1 aliphatic carbocycles. The fourth-order valence-electron chi connectivity index (χ4n) is 3.93. The van der Waals surface area contributed by atoms with Gasteiger partial charge in [0.05, 0.1) is 13.7 Å². The molecule has 7 nitrogen and oxygen atoms in total. The third-order valence-electron chi connectivity index (χ3n) is 5.47. The molecule has 0 radical (unpaired) electrons. The fourth-order valence-corrected chi connectivity index (χ4v) is 4.10. The molecule has 8 heteroatoms. The van der Waals surface area contributed by atoms with Crippen LogP contribution < -0.4 is 10.1 Å². The predicted octanol–water partition coefficient (Wildman–Crippen LogP) is 4.94. The number of benzene rings is 1. The van der Waals surface area contributed by atoms with Crippen LogP contribution in [-0.2, 0) is 19.7 Å². The minimum Gasteiger partial charge on any atom is -0.493 e. The number of carbonyl (C=O) groups is 2. The Morgan fingerprint density at radius 1 is 1.24 bits per heavy atom. The molecule has 33 heavy (non-hydrogen) atoms. The molecule has 1 saturated carbocycles. The Bertz CT molecular complexity index is 1020. The molecule has 0 bridgehead atoms. The van der Waals surface area contributed by atoms with Crippen LogP contribution in [0, 0.1) is 6.92 Å². The quantitative estimate of drug-likeness (QED) is 0.331. The Morgan fingerprint density at radius 2 is 2.00 bits per heavy atom. The predicted molar refractivity (Wildman–Crippen MR) is 126 cm³/mol. The third-order valence-corrected chi connectivity index (χ3v) is 5.68. The zero-order valence-corrected chi connectivity index (χ0v) is 20.5. The Kier molecular flexibility index (Phi) is 7.52. The van der Waals surface area contributed by atoms with E-state index in [4.69, 9.17) is 25.8 Å². The average molecular weight is 475 g/mol. The number of methoxy groups -OCH3 is 1. The minimum absolute atomic E-state index is 0.151. The number of halogens is 1. The molecular weight excluding hydrogens is 444 g/mol. The van der Waals surface area contributed by atoms with E-state index in [1.54, 1.807) is 6.07 Å². The van der Waals surface area contributed by atoms with Gasteiger partial charge in [-0.15, -0.1) is 0 Å². The van der Waals surface area contributed by atoms with E-state index in [0.717, 1.165) is 16.8 Å². The summed E-state index contributed by atoms with van der Waals surface area (Å²) in [5.74, 6) is 0.144. The first-order valence-corrected chi connectivity index (χ1v) is 11.4. The maximum absolute atomic E-state index is 13.0. The van der Waals surface area contributed by atoms with Crippen molar-refractivity contribution in [2.75, 3.05) is 20.3 Å². The second kappa shape index (κ2) is 10.00. The van der Waals surface area contributed by atoms with Crippen molar-refractivity contribution in [2.24, 2.45) is 0 Å². The van der Waals surface area contributed by atoms with Crippen LogP contribution in [0.25, 0.3) is 0 Å². The van der Waals surface area contributed by atoms with Crippen molar-refractivity contribution < 1.29 is 23.8 Å². The molecule has 2 aromatic rings. The molecular formula is C25H31ClN2O5. The average Bonchev–Trinajstić information content (AvgIpc) is 3.49. The molecule has 1 heterocycles. The van der Waals surface area contributed by atoms with E-state index in [9.17, 15) is 9.59 Å². The van der Waals surface area contributed by atoms with Gasteiger partial charge in [-0.25, -0.2) is 9.78 Å². The number of pyridine rings is 1. The van der Waals surface area contributed by atoms with Crippen LogP contribution in [0.1, 0.15) is 56.4 Å². The second-order valence-electron chi connectivity index (χ2n) is 9.24. The van der Waals surface area contributed by atoms with Crippen LogP contribution in [0.2, 0.25) is 5.15 Å². The lowest BCUT2D eigenvalue weighted by atomic mass is 9.90. The van der Waals surface area contributed by atoms with Crippen molar-refractivity contribution in [3.63, 3.8) is 0 Å². The number of rotatable bonds is 8. The summed E-state index contributed by atoms with van der Waals surface area (Å²) in [4.78, 5) is 29.2. The van der Waals surface area contributed by atoms with Gasteiger partial charge in [0.25, 0.3) is 0 Å². The van der Waals surface area contributed by atoms with E-state index in [0.29, 0.717) is 36.9 Å². The smallest absolute Gasteiger partial charge is 0.407 e. The van der Waals surface area contributed by atoms with Gasteiger partial charge in [-0.3, -0.25) is 4.79 Å². The first kappa shape index (κ1) is 24.8. The van der Waals surface area contributed by atoms with Gasteiger partial charge in [-0.05, 0) is 58.7 Å². The number of carbonyl (C=O) groups excluding carboxylic acids is 2. The Balaban J connectivity index is 1.73. The van der Waals surface area contributed by atoms with Gasteiger partial charge < -0.3 is 19.5 Å². The summed E-state index contributed by atoms with van der Waals surface area (Å²) < 4.78 is 16.5. The largest absolute Gasteiger partial charge is 0.493 e. The van der Waals surface area contributed by atoms with Gasteiger partial charge in [-0.1, -0.05) is 35.4 Å². The third kappa shape index (κ3) is 5.96. The molecule has 3 rings (SSSR count). The van der Waals surface area contributed by atoms with Crippen molar-refractivity contribution >= 4 is 23.7 Å². The Morgan fingerprint density at radius 3 is 2.67 bits per heavy atom. The van der Waals surface area contributed by atoms with Crippen molar-refractivity contribution in [1.29, 1.82) is 0 Å². The lowest BCUT2D eigenvalue weighted by molar-refractivity contribution is -0.143. The van der Waals surface area contributed by atoms with Gasteiger partial charge in [0.1, 0.15) is 21.9 Å². The zero-order chi connectivity index (χ0) is 24.2. The number of hydrogen-bond donors (Lipinski definition) is 1. The summed E-state index contributed by atoms with van der Waals surface area (Å²) >= 11 is 6.09. The van der Waals surface area contributed by atoms with Crippen LogP contribution in [0.4, 0.5) is 4.79 Å². The van der Waals surface area contributed by atoms with Gasteiger partial charge in [0, 0.05) is 23.7 Å². The van der Waals surface area contributed by atoms with Gasteiger partial charge in [-0.2, -0.15) is 0 Å². The van der Waals surface area contributed by atoms with Crippen molar-refractivity contribution in [2.45, 2.75) is 57.5 Å². The van der Waals surface area contributed by atoms with Crippen LogP contribution in [0.5, 0.6) is 5.75 Å². The lowest BCUT2D eigenvalue weighted by Crippen LogP contribution is -2.33. The van der Waals surface area contributed by atoms with E-state index in [1.807, 2.05) is 58.0 Å². The minimum atomic E-state index is -0.872. The number of amides is 1. The lowest BCUT2D eigenvalue weighted by Gasteiger charge is -2.21. The molecule has 1 fully saturated rings. The summed E-state index contributed by atoms with van der Waals surface area (Å²) in [6, 6.07) is 11.2. The van der Waals surface area contributed by atoms with E-state index in [1.165, 1.54) is 7.11 Å². The summed E-state index contributed by atoms with van der Waals surface area (Å²) in [6.45, 7) is 8.19. The molecule has 0 saturated heterocycles. The number of aryl methyl sites for hydroxylation is 1. The molecule has 0 aliphatic heterocycles. The van der Waals surface area contributed by atoms with Gasteiger partial charge in [0.15, 0.2) is 0 Å².